The molecule has 0 radical (unpaired) electrons. The Morgan fingerprint density at radius 3 is 2.68 bits per heavy atom. The summed E-state index contributed by atoms with van der Waals surface area (Å²) in [5.41, 5.74) is 2.08. The van der Waals surface area contributed by atoms with Crippen molar-refractivity contribution in [1.29, 1.82) is 0 Å². The number of fused-ring (bicyclic) bond motifs is 1. The lowest BCUT2D eigenvalue weighted by Gasteiger charge is -2.29. The number of ether oxygens (including phenoxy) is 1. The first kappa shape index (κ1) is 18.0. The Morgan fingerprint density at radius 1 is 1.21 bits per heavy atom. The zero-order valence-electron chi connectivity index (χ0n) is 15.9. The van der Waals surface area contributed by atoms with Crippen molar-refractivity contribution in [1.82, 2.24) is 14.8 Å². The van der Waals surface area contributed by atoms with Gasteiger partial charge in [-0.05, 0) is 36.6 Å². The molecular weight excluding hydrogens is 354 g/mol. The van der Waals surface area contributed by atoms with Crippen molar-refractivity contribution in [2.24, 2.45) is 0 Å². The molecule has 2 heterocycles. The highest BCUT2D eigenvalue weighted by Gasteiger charge is 2.28. The Labute approximate surface area is 163 Å². The van der Waals surface area contributed by atoms with Crippen LogP contribution < -0.4 is 15.4 Å². The van der Waals surface area contributed by atoms with Crippen molar-refractivity contribution in [3.8, 4) is 5.75 Å². The number of amides is 1. The molecule has 0 bridgehead atoms. The molecule has 0 spiro atoms. The molecule has 0 fully saturated rings. The normalized spacial score (nSPS) is 18.1. The largest absolute Gasteiger partial charge is 0.497 e. The van der Waals surface area contributed by atoms with Gasteiger partial charge in [0.2, 0.25) is 11.9 Å². The Hall–Kier alpha value is -3.35. The van der Waals surface area contributed by atoms with E-state index in [1.165, 1.54) is 5.56 Å². The molecule has 0 unspecified atom stereocenters. The summed E-state index contributed by atoms with van der Waals surface area (Å²) in [7, 11) is 1.62. The van der Waals surface area contributed by atoms with Crippen LogP contribution in [-0.4, -0.2) is 33.8 Å². The van der Waals surface area contributed by atoms with Gasteiger partial charge in [-0.15, -0.1) is 5.10 Å². The van der Waals surface area contributed by atoms with Crippen LogP contribution in [0.2, 0.25) is 0 Å². The number of anilines is 2. The van der Waals surface area contributed by atoms with Gasteiger partial charge < -0.3 is 10.1 Å². The number of aromatic nitrogens is 3. The van der Waals surface area contributed by atoms with Crippen molar-refractivity contribution >= 4 is 17.8 Å². The van der Waals surface area contributed by atoms with Crippen molar-refractivity contribution < 1.29 is 9.53 Å². The first-order valence-electron chi connectivity index (χ1n) is 9.33. The van der Waals surface area contributed by atoms with Gasteiger partial charge in [-0.3, -0.25) is 10.1 Å². The molecule has 2 atom stereocenters. The van der Waals surface area contributed by atoms with Gasteiger partial charge >= 0.3 is 0 Å². The highest BCUT2D eigenvalue weighted by molar-refractivity contribution is 5.90. The maximum Gasteiger partial charge on any atom is 0.250 e. The molecule has 7 nitrogen and oxygen atoms in total. The van der Waals surface area contributed by atoms with Crippen molar-refractivity contribution in [3.63, 3.8) is 0 Å². The lowest BCUT2D eigenvalue weighted by atomic mass is 9.99. The molecule has 0 saturated heterocycles. The number of nitrogens with zero attached hydrogens (tertiary/aromatic N) is 3. The summed E-state index contributed by atoms with van der Waals surface area (Å²) < 4.78 is 7.00. The minimum atomic E-state index is -0.155. The molecule has 7 heteroatoms. The standard InChI is InChI=1S/C21H23N5O2/c1-14-12-18(16-6-4-3-5-7-16)26-21(22-14)24-20(25-26)23-19(27)13-15-8-10-17(28-2)11-9-15/h3-11,14,18H,12-13H2,1-2H3,(H2,22,23,24,25,27)/t14-,18-/m1/s1. The van der Waals surface area contributed by atoms with E-state index in [1.54, 1.807) is 7.11 Å². The fourth-order valence-corrected chi connectivity index (χ4v) is 3.46. The fourth-order valence-electron chi connectivity index (χ4n) is 3.46. The number of hydrogen-bond acceptors (Lipinski definition) is 5. The Bertz CT molecular complexity index is 953. The number of nitrogens with one attached hydrogen (secondary N) is 2. The molecule has 2 N–H and O–H groups in total. The summed E-state index contributed by atoms with van der Waals surface area (Å²) >= 11 is 0. The van der Waals surface area contributed by atoms with Gasteiger partial charge in [0.05, 0.1) is 19.6 Å². The molecule has 28 heavy (non-hydrogen) atoms. The monoisotopic (exact) mass is 377 g/mol. The maximum atomic E-state index is 12.4. The second kappa shape index (κ2) is 7.72. The van der Waals surface area contributed by atoms with E-state index in [1.807, 2.05) is 47.1 Å². The quantitative estimate of drug-likeness (QED) is 0.713. The van der Waals surface area contributed by atoms with E-state index < -0.39 is 0 Å². The molecule has 1 aromatic heterocycles. The molecule has 0 saturated carbocycles. The molecular formula is C21H23N5O2. The lowest BCUT2D eigenvalue weighted by Crippen LogP contribution is -2.31. The Balaban J connectivity index is 1.50. The summed E-state index contributed by atoms with van der Waals surface area (Å²) in [5, 5.41) is 10.7. The van der Waals surface area contributed by atoms with Crippen LogP contribution in [0.25, 0.3) is 0 Å². The summed E-state index contributed by atoms with van der Waals surface area (Å²) in [6, 6.07) is 18.0. The molecule has 4 rings (SSSR count). The number of hydrogen-bond donors (Lipinski definition) is 2. The third-order valence-electron chi connectivity index (χ3n) is 4.84. The average molecular weight is 377 g/mol. The smallest absolute Gasteiger partial charge is 0.250 e. The van der Waals surface area contributed by atoms with Crippen molar-refractivity contribution in [3.05, 3.63) is 65.7 Å². The van der Waals surface area contributed by atoms with Gasteiger partial charge in [0.25, 0.3) is 5.95 Å². The van der Waals surface area contributed by atoms with Crippen LogP contribution in [-0.2, 0) is 11.2 Å². The molecule has 2 aromatic carbocycles. The van der Waals surface area contributed by atoms with Crippen LogP contribution in [0, 0.1) is 0 Å². The summed E-state index contributed by atoms with van der Waals surface area (Å²) in [6.07, 6.45) is 1.15. The predicted molar refractivity (Wildman–Crippen MR) is 108 cm³/mol. The van der Waals surface area contributed by atoms with E-state index in [0.717, 1.165) is 17.7 Å². The number of methoxy groups -OCH3 is 1. The number of carbonyl (C=O) groups is 1. The molecule has 3 aromatic rings. The van der Waals surface area contributed by atoms with Crippen LogP contribution in [0.1, 0.15) is 30.5 Å². The SMILES string of the molecule is COc1ccc(CC(=O)Nc2nc3n(n2)[C@@H](c2ccccc2)C[C@@H](C)N3)cc1. The molecule has 1 amide bonds. The third-order valence-corrected chi connectivity index (χ3v) is 4.84. The number of benzene rings is 2. The highest BCUT2D eigenvalue weighted by Crippen LogP contribution is 2.31. The van der Waals surface area contributed by atoms with Gasteiger partial charge in [0.15, 0.2) is 0 Å². The van der Waals surface area contributed by atoms with Crippen LogP contribution in [0.4, 0.5) is 11.9 Å². The number of rotatable bonds is 5. The molecule has 1 aliphatic heterocycles. The Morgan fingerprint density at radius 2 is 1.96 bits per heavy atom. The second-order valence-corrected chi connectivity index (χ2v) is 6.98. The summed E-state index contributed by atoms with van der Waals surface area (Å²) in [6.45, 7) is 2.12. The number of carbonyl (C=O) groups excluding carboxylic acids is 1. The van der Waals surface area contributed by atoms with Crippen LogP contribution in [0.5, 0.6) is 5.75 Å². The van der Waals surface area contributed by atoms with Gasteiger partial charge in [-0.1, -0.05) is 42.5 Å². The highest BCUT2D eigenvalue weighted by atomic mass is 16.5. The zero-order chi connectivity index (χ0) is 19.5. The van der Waals surface area contributed by atoms with E-state index in [2.05, 4.69) is 39.8 Å². The van der Waals surface area contributed by atoms with E-state index in [4.69, 9.17) is 4.74 Å². The van der Waals surface area contributed by atoms with Gasteiger partial charge in [-0.25, -0.2) is 4.68 Å². The van der Waals surface area contributed by atoms with E-state index >= 15 is 0 Å². The topological polar surface area (TPSA) is 81.1 Å². The minimum Gasteiger partial charge on any atom is -0.497 e. The molecule has 144 valence electrons. The van der Waals surface area contributed by atoms with Crippen molar-refractivity contribution in [2.75, 3.05) is 17.7 Å². The van der Waals surface area contributed by atoms with Gasteiger partial charge in [0, 0.05) is 6.04 Å². The third kappa shape index (κ3) is 3.83. The lowest BCUT2D eigenvalue weighted by molar-refractivity contribution is -0.115. The summed E-state index contributed by atoms with van der Waals surface area (Å²) in [5.74, 6) is 1.60. The fraction of sp³-hybridized carbons (Fsp3) is 0.286. The van der Waals surface area contributed by atoms with E-state index in [9.17, 15) is 4.79 Å². The first-order valence-corrected chi connectivity index (χ1v) is 9.33. The van der Waals surface area contributed by atoms with Crippen LogP contribution in [0.3, 0.4) is 0 Å². The van der Waals surface area contributed by atoms with Gasteiger partial charge in [0.1, 0.15) is 5.75 Å². The van der Waals surface area contributed by atoms with Gasteiger partial charge in [-0.2, -0.15) is 4.98 Å². The Kier molecular flexibility index (Phi) is 4.97. The average Bonchev–Trinajstić information content (AvgIpc) is 3.10. The minimum absolute atomic E-state index is 0.0900. The first-order chi connectivity index (χ1) is 13.6. The van der Waals surface area contributed by atoms with E-state index in [0.29, 0.717) is 11.9 Å². The molecule has 1 aliphatic rings. The summed E-state index contributed by atoms with van der Waals surface area (Å²) in [4.78, 5) is 16.9. The van der Waals surface area contributed by atoms with Crippen LogP contribution in [0.15, 0.2) is 54.6 Å². The van der Waals surface area contributed by atoms with E-state index in [-0.39, 0.29) is 24.4 Å². The molecule has 0 aliphatic carbocycles. The van der Waals surface area contributed by atoms with Crippen LogP contribution >= 0.6 is 0 Å². The predicted octanol–water partition coefficient (Wildman–Crippen LogP) is 3.26. The van der Waals surface area contributed by atoms with Crippen molar-refractivity contribution in [2.45, 2.75) is 31.8 Å². The zero-order valence-corrected chi connectivity index (χ0v) is 15.9. The second-order valence-electron chi connectivity index (χ2n) is 6.98. The maximum absolute atomic E-state index is 12.4.